The number of hydrogen-bond donors (Lipinski definition) is 3. The number of β-amino-alcohol motifs (C(OH)–C–C–N with tert-alkyl or cyclic N) is 1. The van der Waals surface area contributed by atoms with E-state index in [1.165, 1.54) is 22.4 Å². The molecule has 0 bridgehead atoms. The van der Waals surface area contributed by atoms with Gasteiger partial charge in [-0.05, 0) is 0 Å². The standard InChI is InChI=1S/C30H44B3N3O3/c1-20-26(29(4,5)17-28(2,3)18-39-19-30(20,6)7)35-25-12-24(31-33-32-25)27(38)34-13-23(37)16-36-14-21-10-8-9-11-22(21)15-36/h8-12,23,35,37H,13-19H2,1-7H3,(H,34,38)/b26-20+. The summed E-state index contributed by atoms with van der Waals surface area (Å²) in [5.74, 6) is -0.184. The molecule has 3 N–H and O–H groups in total. The maximum absolute atomic E-state index is 13.0. The topological polar surface area (TPSA) is 73.8 Å². The monoisotopic (exact) mass is 527 g/mol. The Labute approximate surface area is 236 Å². The molecule has 39 heavy (non-hydrogen) atoms. The molecule has 1 unspecified atom stereocenters. The molecule has 6 nitrogen and oxygen atoms in total. The van der Waals surface area contributed by atoms with Gasteiger partial charge in [0.15, 0.2) is 0 Å². The maximum atomic E-state index is 13.0. The van der Waals surface area contributed by atoms with Gasteiger partial charge in [-0.3, -0.25) is 0 Å². The summed E-state index contributed by atoms with van der Waals surface area (Å²) >= 11 is 0. The second-order valence-corrected chi connectivity index (χ2v) is 13.6. The predicted octanol–water partition coefficient (Wildman–Crippen LogP) is 3.99. The van der Waals surface area contributed by atoms with E-state index in [4.69, 9.17) is 4.74 Å². The minimum atomic E-state index is -0.634. The van der Waals surface area contributed by atoms with Gasteiger partial charge in [-0.15, -0.1) is 0 Å². The molecule has 0 saturated carbocycles. The van der Waals surface area contributed by atoms with Crippen LogP contribution in [-0.4, -0.2) is 68.6 Å². The fourth-order valence-electron chi connectivity index (χ4n) is 6.23. The van der Waals surface area contributed by atoms with Crippen molar-refractivity contribution in [3.8, 4) is 0 Å². The summed E-state index contributed by atoms with van der Waals surface area (Å²) in [6.07, 6.45) is 0.334. The molecule has 0 aliphatic carbocycles. The number of hydrogen-bond acceptors (Lipinski definition) is 5. The number of anilines is 1. The molecule has 0 spiro atoms. The van der Waals surface area contributed by atoms with E-state index in [0.29, 0.717) is 18.6 Å². The number of amides is 1. The van der Waals surface area contributed by atoms with Crippen LogP contribution in [-0.2, 0) is 17.8 Å². The van der Waals surface area contributed by atoms with E-state index in [1.54, 1.807) is 0 Å². The van der Waals surface area contributed by atoms with Gasteiger partial charge in [0.25, 0.3) is 0 Å². The first-order valence-corrected chi connectivity index (χ1v) is 14.2. The van der Waals surface area contributed by atoms with Gasteiger partial charge < -0.3 is 0 Å². The number of aliphatic hydroxyl groups is 1. The Morgan fingerprint density at radius 2 is 1.72 bits per heavy atom. The zero-order chi connectivity index (χ0) is 28.4. The summed E-state index contributed by atoms with van der Waals surface area (Å²) in [4.78, 5) is 15.3. The normalized spacial score (nSPS) is 22.9. The van der Waals surface area contributed by atoms with Crippen molar-refractivity contribution >= 4 is 31.8 Å². The van der Waals surface area contributed by atoms with Gasteiger partial charge in [0.2, 0.25) is 0 Å². The van der Waals surface area contributed by atoms with E-state index in [9.17, 15) is 9.90 Å². The summed E-state index contributed by atoms with van der Waals surface area (Å²) in [7, 11) is 0. The van der Waals surface area contributed by atoms with Gasteiger partial charge in [-0.25, -0.2) is 0 Å². The van der Waals surface area contributed by atoms with E-state index >= 15 is 0 Å². The number of ether oxygens (including phenoxy) is 1. The molecular weight excluding hydrogens is 483 g/mol. The van der Waals surface area contributed by atoms with Gasteiger partial charge in [-0.2, -0.15) is 0 Å². The van der Waals surface area contributed by atoms with Crippen LogP contribution in [0.2, 0.25) is 0 Å². The molecule has 0 fully saturated rings. The molecule has 206 valence electrons. The first-order chi connectivity index (χ1) is 18.3. The third-order valence-electron chi connectivity index (χ3n) is 8.21. The van der Waals surface area contributed by atoms with Crippen LogP contribution in [0.5, 0.6) is 0 Å². The molecule has 2 aliphatic heterocycles. The molecule has 0 radical (unpaired) electrons. The number of nitrogens with one attached hydrogen (secondary N) is 2. The van der Waals surface area contributed by atoms with Crippen LogP contribution in [0.25, 0.3) is 0 Å². The van der Waals surface area contributed by atoms with E-state index in [2.05, 4.69) is 88.3 Å². The second kappa shape index (κ2) is 11.8. The first kappa shape index (κ1) is 29.9. The number of benzene rings is 1. The molecule has 0 saturated heterocycles. The van der Waals surface area contributed by atoms with E-state index in [1.807, 2.05) is 26.3 Å². The van der Waals surface area contributed by atoms with Crippen LogP contribution >= 0.6 is 0 Å². The molecule has 4 rings (SSSR count). The fraction of sp³-hybridized carbons (Fsp3) is 0.600. The molecular formula is C30H44B3N3O3. The van der Waals surface area contributed by atoms with Crippen LogP contribution in [0, 0.1) is 16.2 Å². The first-order valence-electron chi connectivity index (χ1n) is 14.2. The number of aliphatic hydroxyl groups excluding tert-OH is 1. The number of carbonyl (C=O) groups is 1. The zero-order valence-corrected chi connectivity index (χ0v) is 24.9. The van der Waals surface area contributed by atoms with Gasteiger partial charge >= 0.3 is 237 Å². The van der Waals surface area contributed by atoms with Crippen molar-refractivity contribution in [1.29, 1.82) is 0 Å². The average Bonchev–Trinajstić information content (AvgIpc) is 3.26. The summed E-state index contributed by atoms with van der Waals surface area (Å²) in [6.45, 7) is 25.3. The van der Waals surface area contributed by atoms with E-state index in [-0.39, 0.29) is 28.7 Å². The number of nitrogens with zero attached hydrogens (tertiary/aromatic N) is 1. The Balaban J connectivity index is 1.42. The Hall–Kier alpha value is -2.09. The number of fused-ring (bicyclic) bond motifs is 1. The Morgan fingerprint density at radius 3 is 2.38 bits per heavy atom. The van der Waals surface area contributed by atoms with E-state index < -0.39 is 6.10 Å². The average molecular weight is 527 g/mol. The third-order valence-corrected chi connectivity index (χ3v) is 8.21. The second-order valence-electron chi connectivity index (χ2n) is 13.6. The fourth-order valence-corrected chi connectivity index (χ4v) is 6.23. The summed E-state index contributed by atoms with van der Waals surface area (Å²) in [6, 6.07) is 10.3. The van der Waals surface area contributed by atoms with Crippen molar-refractivity contribution in [3.63, 3.8) is 0 Å². The molecule has 2 aromatic rings. The summed E-state index contributed by atoms with van der Waals surface area (Å²) in [5.41, 5.74) is 6.34. The van der Waals surface area contributed by atoms with Crippen molar-refractivity contribution in [2.24, 2.45) is 16.2 Å². The van der Waals surface area contributed by atoms with Gasteiger partial charge in [0, 0.05) is 0 Å². The van der Waals surface area contributed by atoms with Crippen molar-refractivity contribution in [1.82, 2.24) is 10.2 Å². The van der Waals surface area contributed by atoms with Crippen LogP contribution in [0.15, 0.2) is 41.6 Å². The Kier molecular flexibility index (Phi) is 9.04. The molecule has 1 amide bonds. The van der Waals surface area contributed by atoms with Crippen LogP contribution in [0.4, 0.5) is 5.58 Å². The van der Waals surface area contributed by atoms with Crippen molar-refractivity contribution in [2.45, 2.75) is 74.1 Å². The van der Waals surface area contributed by atoms with Crippen molar-refractivity contribution in [2.75, 3.05) is 31.6 Å². The molecule has 1 aromatic carbocycles. The van der Waals surface area contributed by atoms with Crippen LogP contribution < -0.4 is 10.6 Å². The van der Waals surface area contributed by atoms with Gasteiger partial charge in [0.05, 0.1) is 0 Å². The molecule has 9 heteroatoms. The quantitative estimate of drug-likeness (QED) is 0.508. The predicted molar refractivity (Wildman–Crippen MR) is 162 cm³/mol. The Bertz CT molecular complexity index is 1200. The Morgan fingerprint density at radius 1 is 1.05 bits per heavy atom. The van der Waals surface area contributed by atoms with Crippen LogP contribution in [0.3, 0.4) is 0 Å². The zero-order valence-electron chi connectivity index (χ0n) is 24.9. The molecule has 1 atom stereocenters. The SMILES string of the molecule is C/C1=C(\Nc2bbbc(C(=O)NCC(O)CN3Cc4ccccc4C3)c2)C(C)(C)CC(C)(C)COCC1(C)C. The van der Waals surface area contributed by atoms with Crippen LogP contribution in [0.1, 0.15) is 76.3 Å². The van der Waals surface area contributed by atoms with Gasteiger partial charge in [0.1, 0.15) is 0 Å². The summed E-state index contributed by atoms with van der Waals surface area (Å²) in [5, 5.41) is 17.3. The van der Waals surface area contributed by atoms with E-state index in [0.717, 1.165) is 31.7 Å². The minimum absolute atomic E-state index is 0.0392. The number of carbonyl (C=O) groups excluding carboxylic acids is 1. The van der Waals surface area contributed by atoms with Crippen molar-refractivity contribution in [3.05, 3.63) is 58.2 Å². The third kappa shape index (κ3) is 7.56. The summed E-state index contributed by atoms with van der Waals surface area (Å²) < 4.78 is 6.16. The molecule has 1 aromatic heterocycles. The van der Waals surface area contributed by atoms with Crippen molar-refractivity contribution < 1.29 is 14.6 Å². The number of allylic oxidation sites excluding steroid dienone is 1. The molecule has 2 aliphatic rings. The van der Waals surface area contributed by atoms with Gasteiger partial charge in [-0.1, -0.05) is 0 Å². The molecule has 3 heterocycles. The number of rotatable bonds is 7.